The average Bonchev–Trinajstić information content (AvgIpc) is 3.29. The van der Waals surface area contributed by atoms with E-state index < -0.39 is 6.16 Å². The molecule has 0 radical (unpaired) electrons. The molecule has 1 aromatic carbocycles. The van der Waals surface area contributed by atoms with Gasteiger partial charge in [-0.05, 0) is 37.7 Å². The van der Waals surface area contributed by atoms with Crippen LogP contribution < -0.4 is 5.32 Å². The van der Waals surface area contributed by atoms with Gasteiger partial charge in [0, 0.05) is 44.5 Å². The molecule has 0 atom stereocenters. The predicted octanol–water partition coefficient (Wildman–Crippen LogP) is 3.15. The number of aromatic nitrogens is 2. The summed E-state index contributed by atoms with van der Waals surface area (Å²) in [5.74, 6) is 0.0621. The van der Waals surface area contributed by atoms with Crippen LogP contribution in [-0.4, -0.2) is 46.3 Å². The first-order valence-electron chi connectivity index (χ1n) is 10.6. The number of hydroxylamine groups is 2. The van der Waals surface area contributed by atoms with Gasteiger partial charge < -0.3 is 19.5 Å². The highest BCUT2D eigenvalue weighted by Gasteiger charge is 2.27. The van der Waals surface area contributed by atoms with Gasteiger partial charge in [0.15, 0.2) is 0 Å². The number of unbranched alkanes of at least 4 members (excludes halogenated alkanes) is 2. The van der Waals surface area contributed by atoms with Crippen LogP contribution in [0.1, 0.15) is 37.7 Å². The molecule has 30 heavy (non-hydrogen) atoms. The number of hydrogen-bond donors (Lipinski definition) is 1. The van der Waals surface area contributed by atoms with E-state index in [-0.39, 0.29) is 18.4 Å². The maximum Gasteiger partial charge on any atom is 0.528 e. The van der Waals surface area contributed by atoms with E-state index in [1.54, 1.807) is 11.3 Å². The number of nitrogens with one attached hydrogen (secondary N) is 1. The molecule has 2 aromatic rings. The summed E-state index contributed by atoms with van der Waals surface area (Å²) in [4.78, 5) is 33.4. The van der Waals surface area contributed by atoms with E-state index in [9.17, 15) is 9.59 Å². The lowest BCUT2D eigenvalue weighted by atomic mass is 9.97. The number of carbonyl (C=O) groups is 2. The fraction of sp³-hybridized carbons (Fsp3) is 0.500. The van der Waals surface area contributed by atoms with Crippen molar-refractivity contribution < 1.29 is 19.2 Å². The first-order valence-corrected chi connectivity index (χ1v) is 10.6. The molecular weight excluding hydrogens is 384 g/mol. The van der Waals surface area contributed by atoms with Crippen molar-refractivity contribution in [1.29, 1.82) is 0 Å². The van der Waals surface area contributed by atoms with Crippen LogP contribution >= 0.6 is 0 Å². The Morgan fingerprint density at radius 2 is 1.90 bits per heavy atom. The van der Waals surface area contributed by atoms with Crippen LogP contribution in [0.15, 0.2) is 49.1 Å². The third-order valence-corrected chi connectivity index (χ3v) is 5.18. The van der Waals surface area contributed by atoms with E-state index in [0.717, 1.165) is 31.4 Å². The second-order valence-electron chi connectivity index (χ2n) is 7.47. The lowest BCUT2D eigenvalue weighted by Crippen LogP contribution is -2.41. The van der Waals surface area contributed by atoms with Gasteiger partial charge in [-0.15, -0.1) is 5.06 Å². The number of hydrogen-bond acceptors (Lipinski definition) is 6. The third kappa shape index (κ3) is 7.51. The Balaban J connectivity index is 1.22. The summed E-state index contributed by atoms with van der Waals surface area (Å²) in [6.45, 7) is 2.90. The second-order valence-corrected chi connectivity index (χ2v) is 7.47. The van der Waals surface area contributed by atoms with Gasteiger partial charge in [-0.2, -0.15) is 0 Å². The molecule has 8 nitrogen and oxygen atoms in total. The van der Waals surface area contributed by atoms with Gasteiger partial charge in [-0.1, -0.05) is 30.3 Å². The molecule has 1 aliphatic heterocycles. The minimum atomic E-state index is -0.711. The Labute approximate surface area is 177 Å². The summed E-state index contributed by atoms with van der Waals surface area (Å²) in [7, 11) is 0. The van der Waals surface area contributed by atoms with Gasteiger partial charge >= 0.3 is 6.16 Å². The van der Waals surface area contributed by atoms with Crippen LogP contribution in [0, 0.1) is 5.92 Å². The van der Waals surface area contributed by atoms with Crippen molar-refractivity contribution in [1.82, 2.24) is 19.9 Å². The van der Waals surface area contributed by atoms with Gasteiger partial charge in [0.1, 0.15) is 6.61 Å². The van der Waals surface area contributed by atoms with E-state index in [4.69, 9.17) is 9.57 Å². The molecule has 2 heterocycles. The fourth-order valence-electron chi connectivity index (χ4n) is 3.43. The van der Waals surface area contributed by atoms with Crippen LogP contribution in [0.2, 0.25) is 0 Å². The zero-order valence-electron chi connectivity index (χ0n) is 17.2. The fourth-order valence-corrected chi connectivity index (χ4v) is 3.43. The van der Waals surface area contributed by atoms with Crippen molar-refractivity contribution in [2.75, 3.05) is 19.6 Å². The summed E-state index contributed by atoms with van der Waals surface area (Å²) in [6, 6.07) is 9.46. The van der Waals surface area contributed by atoms with Crippen LogP contribution in [-0.2, 0) is 27.5 Å². The zero-order chi connectivity index (χ0) is 21.0. The maximum atomic E-state index is 12.3. The van der Waals surface area contributed by atoms with Crippen molar-refractivity contribution in [3.8, 4) is 0 Å². The van der Waals surface area contributed by atoms with E-state index in [1.165, 1.54) is 0 Å². The Bertz CT molecular complexity index is 759. The molecule has 1 fully saturated rings. The number of amides is 1. The standard InChI is InChI=1S/C22H30N4O4/c27-21(24-11-5-2-6-13-25-16-12-23-18-25)20-9-14-26(15-10-20)30-22(28)29-17-19-7-3-1-4-8-19/h1,3-4,7-8,12,16,18,20H,2,5-6,9-11,13-15,17H2,(H,24,27). The SMILES string of the molecule is O=C(OCc1ccccc1)ON1CCC(C(=O)NCCCCCn2ccnc2)CC1. The monoisotopic (exact) mass is 414 g/mol. The van der Waals surface area contributed by atoms with Crippen molar-refractivity contribution in [3.63, 3.8) is 0 Å². The number of benzene rings is 1. The van der Waals surface area contributed by atoms with Crippen molar-refractivity contribution in [2.45, 2.75) is 45.3 Å². The number of ether oxygens (including phenoxy) is 1. The number of rotatable bonds is 10. The molecule has 1 aromatic heterocycles. The second kappa shape index (κ2) is 12.0. The molecule has 1 aliphatic rings. The predicted molar refractivity (Wildman–Crippen MR) is 111 cm³/mol. The zero-order valence-corrected chi connectivity index (χ0v) is 17.2. The first-order chi connectivity index (χ1) is 14.7. The highest BCUT2D eigenvalue weighted by atomic mass is 16.8. The Kier molecular flexibility index (Phi) is 8.71. The van der Waals surface area contributed by atoms with Crippen molar-refractivity contribution in [2.24, 2.45) is 5.92 Å². The molecule has 8 heteroatoms. The molecule has 0 spiro atoms. The topological polar surface area (TPSA) is 85.7 Å². The number of carbonyl (C=O) groups excluding carboxylic acids is 2. The number of imidazole rings is 1. The van der Waals surface area contributed by atoms with Crippen molar-refractivity contribution >= 4 is 12.1 Å². The molecule has 1 N–H and O–H groups in total. The summed E-state index contributed by atoms with van der Waals surface area (Å²) < 4.78 is 7.19. The molecule has 162 valence electrons. The molecule has 0 aliphatic carbocycles. The highest BCUT2D eigenvalue weighted by molar-refractivity contribution is 5.78. The third-order valence-electron chi connectivity index (χ3n) is 5.18. The van der Waals surface area contributed by atoms with Crippen LogP contribution in [0.5, 0.6) is 0 Å². The lowest BCUT2D eigenvalue weighted by molar-refractivity contribution is -0.150. The lowest BCUT2D eigenvalue weighted by Gasteiger charge is -2.29. The van der Waals surface area contributed by atoms with E-state index in [1.807, 2.05) is 42.9 Å². The molecular formula is C22H30N4O4. The van der Waals surface area contributed by atoms with Gasteiger partial charge in [-0.3, -0.25) is 4.79 Å². The van der Waals surface area contributed by atoms with E-state index in [0.29, 0.717) is 32.5 Å². The summed E-state index contributed by atoms with van der Waals surface area (Å²) in [6.07, 6.45) is 9.29. The smallest absolute Gasteiger partial charge is 0.428 e. The average molecular weight is 415 g/mol. The van der Waals surface area contributed by atoms with E-state index >= 15 is 0 Å². The van der Waals surface area contributed by atoms with Crippen LogP contribution in [0.25, 0.3) is 0 Å². The van der Waals surface area contributed by atoms with Crippen molar-refractivity contribution in [3.05, 3.63) is 54.6 Å². The van der Waals surface area contributed by atoms with Crippen LogP contribution in [0.4, 0.5) is 4.79 Å². The maximum absolute atomic E-state index is 12.3. The molecule has 3 rings (SSSR count). The number of aryl methyl sites for hydroxylation is 1. The summed E-state index contributed by atoms with van der Waals surface area (Å²) in [5.41, 5.74) is 0.909. The Morgan fingerprint density at radius 1 is 1.10 bits per heavy atom. The van der Waals surface area contributed by atoms with Gasteiger partial charge in [0.2, 0.25) is 5.91 Å². The van der Waals surface area contributed by atoms with Gasteiger partial charge in [0.05, 0.1) is 6.33 Å². The quantitative estimate of drug-likeness (QED) is 0.475. The van der Waals surface area contributed by atoms with Gasteiger partial charge in [-0.25, -0.2) is 9.78 Å². The minimum absolute atomic E-state index is 0.0314. The first kappa shape index (κ1) is 21.8. The normalized spacial score (nSPS) is 14.9. The largest absolute Gasteiger partial charge is 0.528 e. The minimum Gasteiger partial charge on any atom is -0.428 e. The molecule has 1 amide bonds. The summed E-state index contributed by atoms with van der Waals surface area (Å²) in [5, 5.41) is 4.61. The van der Waals surface area contributed by atoms with Crippen LogP contribution in [0.3, 0.4) is 0 Å². The van der Waals surface area contributed by atoms with Gasteiger partial charge in [0.25, 0.3) is 0 Å². The molecule has 0 bridgehead atoms. The molecule has 0 unspecified atom stereocenters. The Hall–Kier alpha value is -2.87. The molecule has 0 saturated carbocycles. The summed E-state index contributed by atoms with van der Waals surface area (Å²) >= 11 is 0. The number of piperidine rings is 1. The van der Waals surface area contributed by atoms with E-state index in [2.05, 4.69) is 14.9 Å². The highest BCUT2D eigenvalue weighted by Crippen LogP contribution is 2.18. The molecule has 1 saturated heterocycles. The Morgan fingerprint density at radius 3 is 2.63 bits per heavy atom. The number of nitrogens with zero attached hydrogens (tertiary/aromatic N) is 3.